The summed E-state index contributed by atoms with van der Waals surface area (Å²) in [5, 5.41) is 11.7. The van der Waals surface area contributed by atoms with Gasteiger partial charge in [0.1, 0.15) is 5.75 Å². The highest BCUT2D eigenvalue weighted by Crippen LogP contribution is 2.29. The van der Waals surface area contributed by atoms with Crippen LogP contribution in [0.5, 0.6) is 5.75 Å². The number of aliphatic hydroxyl groups is 1. The number of hydrogen-bond acceptors (Lipinski definition) is 3. The second kappa shape index (κ2) is 7.36. The van der Waals surface area contributed by atoms with Crippen LogP contribution in [-0.2, 0) is 10.7 Å². The number of rotatable bonds is 7. The van der Waals surface area contributed by atoms with Crippen LogP contribution >= 0.6 is 0 Å². The smallest absolute Gasteiger partial charge is 0.349 e. The summed E-state index contributed by atoms with van der Waals surface area (Å²) in [6.45, 7) is 3.61. The molecule has 1 aromatic rings. The Morgan fingerprint density at radius 1 is 1.33 bits per heavy atom. The molecule has 118 valence electrons. The van der Waals surface area contributed by atoms with E-state index in [0.717, 1.165) is 12.1 Å². The first kappa shape index (κ1) is 17.4. The van der Waals surface area contributed by atoms with Crippen LogP contribution < -0.4 is 10.1 Å². The van der Waals surface area contributed by atoms with Crippen molar-refractivity contribution in [3.05, 3.63) is 29.8 Å². The summed E-state index contributed by atoms with van der Waals surface area (Å²) in [6.07, 6.45) is -0.394. The maximum atomic E-state index is 14.0. The Bertz CT molecular complexity index is 460. The molecule has 1 aromatic carbocycles. The van der Waals surface area contributed by atoms with E-state index in [0.29, 0.717) is 12.2 Å². The Kier molecular flexibility index (Phi) is 6.08. The van der Waals surface area contributed by atoms with Crippen molar-refractivity contribution in [1.29, 1.82) is 0 Å². The number of alkyl halides is 2. The fraction of sp³-hybridized carbons (Fsp3) is 0.533. The molecule has 0 aromatic heterocycles. The third kappa shape index (κ3) is 4.97. The van der Waals surface area contributed by atoms with E-state index >= 15 is 0 Å². The number of amides is 1. The van der Waals surface area contributed by atoms with Crippen LogP contribution in [0.4, 0.5) is 8.78 Å². The number of carbonyl (C=O) groups excluding carboxylic acids is 1. The number of hydrogen-bond donors (Lipinski definition) is 2. The number of aliphatic hydroxyl groups excluding tert-OH is 1. The summed E-state index contributed by atoms with van der Waals surface area (Å²) in [7, 11) is 1.43. The first-order valence-corrected chi connectivity index (χ1v) is 6.76. The number of methoxy groups -OCH3 is 1. The van der Waals surface area contributed by atoms with Crippen LogP contribution in [0.15, 0.2) is 24.3 Å². The van der Waals surface area contributed by atoms with Crippen molar-refractivity contribution >= 4 is 5.91 Å². The van der Waals surface area contributed by atoms with Crippen LogP contribution in [0, 0.1) is 5.92 Å². The van der Waals surface area contributed by atoms with Crippen molar-refractivity contribution in [2.24, 2.45) is 5.92 Å². The molecular weight excluding hydrogens is 280 g/mol. The van der Waals surface area contributed by atoms with Gasteiger partial charge in [-0.25, -0.2) is 0 Å². The van der Waals surface area contributed by atoms with Crippen molar-refractivity contribution in [2.75, 3.05) is 13.7 Å². The van der Waals surface area contributed by atoms with Crippen LogP contribution in [0.2, 0.25) is 0 Å². The Morgan fingerprint density at radius 2 is 1.90 bits per heavy atom. The second-order valence-electron chi connectivity index (χ2n) is 5.30. The minimum atomic E-state index is -3.65. The molecule has 1 rings (SSSR count). The van der Waals surface area contributed by atoms with Gasteiger partial charge in [-0.3, -0.25) is 4.79 Å². The van der Waals surface area contributed by atoms with E-state index in [1.807, 2.05) is 13.8 Å². The van der Waals surface area contributed by atoms with Gasteiger partial charge in [0.2, 0.25) is 0 Å². The zero-order valence-electron chi connectivity index (χ0n) is 12.4. The lowest BCUT2D eigenvalue weighted by Gasteiger charge is -2.19. The van der Waals surface area contributed by atoms with Crippen molar-refractivity contribution in [2.45, 2.75) is 32.3 Å². The molecule has 0 aliphatic carbocycles. The minimum absolute atomic E-state index is 0.192. The van der Waals surface area contributed by atoms with E-state index in [1.54, 1.807) is 0 Å². The highest BCUT2D eigenvalue weighted by atomic mass is 19.3. The van der Waals surface area contributed by atoms with Crippen molar-refractivity contribution in [3.63, 3.8) is 0 Å². The summed E-state index contributed by atoms with van der Waals surface area (Å²) in [4.78, 5) is 11.6. The number of nitrogens with one attached hydrogen (secondary N) is 1. The first-order chi connectivity index (χ1) is 9.77. The lowest BCUT2D eigenvalue weighted by Crippen LogP contribution is -2.41. The highest BCUT2D eigenvalue weighted by Gasteiger charge is 2.40. The monoisotopic (exact) mass is 301 g/mol. The van der Waals surface area contributed by atoms with E-state index in [9.17, 15) is 18.7 Å². The molecule has 0 fully saturated rings. The number of ether oxygens (including phenoxy) is 1. The summed E-state index contributed by atoms with van der Waals surface area (Å²) in [5.41, 5.74) is -0.417. The zero-order valence-corrected chi connectivity index (χ0v) is 12.4. The molecule has 1 atom stereocenters. The molecule has 1 unspecified atom stereocenters. The van der Waals surface area contributed by atoms with Crippen molar-refractivity contribution in [1.82, 2.24) is 5.32 Å². The van der Waals surface area contributed by atoms with Gasteiger partial charge in [0, 0.05) is 12.1 Å². The number of carbonyl (C=O) groups is 1. The van der Waals surface area contributed by atoms with E-state index in [2.05, 4.69) is 5.32 Å². The van der Waals surface area contributed by atoms with Gasteiger partial charge in [-0.1, -0.05) is 13.8 Å². The molecule has 0 radical (unpaired) electrons. The van der Waals surface area contributed by atoms with Gasteiger partial charge in [-0.15, -0.1) is 0 Å². The SMILES string of the molecule is COc1ccc(C(F)(F)C(=O)NCC(O)CC(C)C)cc1. The molecular formula is C15H21F2NO3. The molecule has 21 heavy (non-hydrogen) atoms. The average molecular weight is 301 g/mol. The normalized spacial score (nSPS) is 13.1. The van der Waals surface area contributed by atoms with Gasteiger partial charge >= 0.3 is 5.92 Å². The Balaban J connectivity index is 2.65. The standard InChI is InChI=1S/C15H21F2NO3/c1-10(2)8-12(19)9-18-14(20)15(16,17)11-4-6-13(21-3)7-5-11/h4-7,10,12,19H,8-9H2,1-3H3,(H,18,20). The molecule has 0 heterocycles. The average Bonchev–Trinajstić information content (AvgIpc) is 2.44. The van der Waals surface area contributed by atoms with Gasteiger partial charge in [-0.05, 0) is 36.6 Å². The third-order valence-electron chi connectivity index (χ3n) is 2.98. The molecule has 0 aliphatic heterocycles. The van der Waals surface area contributed by atoms with Gasteiger partial charge in [0.05, 0.1) is 13.2 Å². The maximum Gasteiger partial charge on any atom is 0.349 e. The predicted molar refractivity (Wildman–Crippen MR) is 75.4 cm³/mol. The highest BCUT2D eigenvalue weighted by molar-refractivity contribution is 5.84. The van der Waals surface area contributed by atoms with Crippen molar-refractivity contribution < 1.29 is 23.4 Å². The van der Waals surface area contributed by atoms with E-state index in [4.69, 9.17) is 4.74 Å². The lowest BCUT2D eigenvalue weighted by atomic mass is 10.1. The first-order valence-electron chi connectivity index (χ1n) is 6.76. The maximum absolute atomic E-state index is 14.0. The van der Waals surface area contributed by atoms with Gasteiger partial charge in [0.15, 0.2) is 0 Å². The summed E-state index contributed by atoms with van der Waals surface area (Å²) >= 11 is 0. The van der Waals surface area contributed by atoms with E-state index in [-0.39, 0.29) is 12.5 Å². The van der Waals surface area contributed by atoms with E-state index in [1.165, 1.54) is 19.2 Å². The van der Waals surface area contributed by atoms with Gasteiger partial charge in [0.25, 0.3) is 5.91 Å². The molecule has 0 saturated carbocycles. The van der Waals surface area contributed by atoms with Gasteiger partial charge < -0.3 is 15.2 Å². The Hall–Kier alpha value is -1.69. The molecule has 0 spiro atoms. The predicted octanol–water partition coefficient (Wildman–Crippen LogP) is 2.31. The molecule has 0 bridgehead atoms. The van der Waals surface area contributed by atoms with Crippen LogP contribution in [-0.4, -0.2) is 30.8 Å². The molecule has 4 nitrogen and oxygen atoms in total. The number of benzene rings is 1. The molecule has 0 aliphatic rings. The Morgan fingerprint density at radius 3 is 2.38 bits per heavy atom. The van der Waals surface area contributed by atoms with Crippen LogP contribution in [0.25, 0.3) is 0 Å². The second-order valence-corrected chi connectivity index (χ2v) is 5.30. The summed E-state index contributed by atoms with van der Waals surface area (Å²) < 4.78 is 32.8. The zero-order chi connectivity index (χ0) is 16.0. The lowest BCUT2D eigenvalue weighted by molar-refractivity contribution is -0.147. The fourth-order valence-corrected chi connectivity index (χ4v) is 1.88. The third-order valence-corrected chi connectivity index (χ3v) is 2.98. The quantitative estimate of drug-likeness (QED) is 0.812. The molecule has 1 amide bonds. The van der Waals surface area contributed by atoms with Crippen LogP contribution in [0.1, 0.15) is 25.8 Å². The Labute approximate surface area is 123 Å². The van der Waals surface area contributed by atoms with Gasteiger partial charge in [-0.2, -0.15) is 8.78 Å². The largest absolute Gasteiger partial charge is 0.497 e. The topological polar surface area (TPSA) is 58.6 Å². The minimum Gasteiger partial charge on any atom is -0.497 e. The molecule has 6 heteroatoms. The summed E-state index contributed by atoms with van der Waals surface area (Å²) in [5.74, 6) is -4.42. The fourth-order valence-electron chi connectivity index (χ4n) is 1.88. The number of halogens is 2. The van der Waals surface area contributed by atoms with E-state index < -0.39 is 23.5 Å². The van der Waals surface area contributed by atoms with Crippen molar-refractivity contribution in [3.8, 4) is 5.75 Å². The molecule has 0 saturated heterocycles. The van der Waals surface area contributed by atoms with Crippen LogP contribution in [0.3, 0.4) is 0 Å². The summed E-state index contributed by atoms with van der Waals surface area (Å²) in [6, 6.07) is 5.01. The molecule has 2 N–H and O–H groups in total.